The third-order valence-corrected chi connectivity index (χ3v) is 5.87. The number of carboxylic acids is 1. The first-order valence-corrected chi connectivity index (χ1v) is 9.76. The molecule has 25 heavy (non-hydrogen) atoms. The van der Waals surface area contributed by atoms with Crippen LogP contribution >= 0.6 is 0 Å². The summed E-state index contributed by atoms with van der Waals surface area (Å²) in [6.07, 6.45) is 10.3. The molecule has 4 nitrogen and oxygen atoms in total. The molecule has 0 aromatic heterocycles. The lowest BCUT2D eigenvalue weighted by molar-refractivity contribution is -0.146. The highest BCUT2D eigenvalue weighted by atomic mass is 16.4. The first-order valence-electron chi connectivity index (χ1n) is 9.76. The lowest BCUT2D eigenvalue weighted by Crippen LogP contribution is -2.55. The van der Waals surface area contributed by atoms with Gasteiger partial charge >= 0.3 is 5.97 Å². The van der Waals surface area contributed by atoms with Crippen LogP contribution in [0.15, 0.2) is 35.3 Å². The molecule has 0 saturated heterocycles. The van der Waals surface area contributed by atoms with Crippen LogP contribution in [0.4, 0.5) is 0 Å². The summed E-state index contributed by atoms with van der Waals surface area (Å²) >= 11 is 0. The molecule has 2 unspecified atom stereocenters. The minimum absolute atomic E-state index is 0.0166. The fourth-order valence-electron chi connectivity index (χ4n) is 4.59. The molecule has 0 bridgehead atoms. The molecule has 2 aliphatic rings. The monoisotopic (exact) mass is 342 g/mol. The summed E-state index contributed by atoms with van der Waals surface area (Å²) in [5.74, 6) is -0.323. The van der Waals surface area contributed by atoms with Gasteiger partial charge in [-0.2, -0.15) is 0 Å². The van der Waals surface area contributed by atoms with Crippen LogP contribution in [-0.2, 0) is 11.3 Å². The quantitative estimate of drug-likeness (QED) is 0.794. The zero-order valence-corrected chi connectivity index (χ0v) is 15.2. The van der Waals surface area contributed by atoms with Gasteiger partial charge in [0.25, 0.3) is 0 Å². The van der Waals surface area contributed by atoms with E-state index in [4.69, 9.17) is 0 Å². The molecule has 0 spiro atoms. The molecule has 0 amide bonds. The van der Waals surface area contributed by atoms with Crippen molar-refractivity contribution in [2.24, 2.45) is 10.9 Å². The highest BCUT2D eigenvalue weighted by Gasteiger charge is 2.53. The van der Waals surface area contributed by atoms with Crippen LogP contribution in [0.1, 0.15) is 63.9 Å². The average Bonchev–Trinajstić information content (AvgIpc) is 3.01. The van der Waals surface area contributed by atoms with E-state index in [0.29, 0.717) is 12.3 Å². The first-order chi connectivity index (χ1) is 12.2. The van der Waals surface area contributed by atoms with Crippen LogP contribution in [0.25, 0.3) is 0 Å². The van der Waals surface area contributed by atoms with Crippen molar-refractivity contribution in [3.8, 4) is 0 Å². The maximum absolute atomic E-state index is 12.3. The number of rotatable bonds is 7. The predicted octanol–water partition coefficient (Wildman–Crippen LogP) is 4.49. The van der Waals surface area contributed by atoms with Crippen molar-refractivity contribution in [1.29, 1.82) is 0 Å². The van der Waals surface area contributed by atoms with E-state index in [9.17, 15) is 9.90 Å². The van der Waals surface area contributed by atoms with Crippen LogP contribution < -0.4 is 0 Å². The highest BCUT2D eigenvalue weighted by Crippen LogP contribution is 2.41. The topological polar surface area (TPSA) is 52.9 Å². The minimum Gasteiger partial charge on any atom is -0.479 e. The Morgan fingerprint density at radius 3 is 2.60 bits per heavy atom. The SMILES string of the molecule is CCCCC1(C(=O)O)N=CN(Cc2ccccc2)C1C1CCCCC1. The Kier molecular flexibility index (Phi) is 5.77. The lowest BCUT2D eigenvalue weighted by atomic mass is 9.73. The smallest absolute Gasteiger partial charge is 0.333 e. The van der Waals surface area contributed by atoms with Gasteiger partial charge in [0.05, 0.1) is 12.4 Å². The summed E-state index contributed by atoms with van der Waals surface area (Å²) in [4.78, 5) is 19.2. The number of carbonyl (C=O) groups is 1. The molecular formula is C21H30N2O2. The van der Waals surface area contributed by atoms with Gasteiger partial charge in [-0.25, -0.2) is 4.79 Å². The molecule has 1 fully saturated rings. The van der Waals surface area contributed by atoms with E-state index < -0.39 is 11.5 Å². The van der Waals surface area contributed by atoms with Gasteiger partial charge < -0.3 is 10.0 Å². The second kappa shape index (κ2) is 8.03. The third kappa shape index (κ3) is 3.73. The molecule has 1 aromatic carbocycles. The van der Waals surface area contributed by atoms with Crippen LogP contribution in [0.2, 0.25) is 0 Å². The molecule has 1 heterocycles. The fourth-order valence-corrected chi connectivity index (χ4v) is 4.59. The zero-order valence-electron chi connectivity index (χ0n) is 15.2. The second-order valence-electron chi connectivity index (χ2n) is 7.58. The molecule has 3 rings (SSSR count). The molecule has 1 aliphatic heterocycles. The van der Waals surface area contributed by atoms with Crippen molar-refractivity contribution >= 4 is 12.3 Å². The summed E-state index contributed by atoms with van der Waals surface area (Å²) in [7, 11) is 0. The normalized spacial score (nSPS) is 26.9. The standard InChI is InChI=1S/C21H30N2O2/c1-2-3-14-21(20(24)25)19(18-12-8-5-9-13-18)23(16-22-21)15-17-10-6-4-7-11-17/h4,6-7,10-11,16,18-19H,2-3,5,8-9,12-15H2,1H3,(H,24,25). The van der Waals surface area contributed by atoms with Crippen LogP contribution in [0, 0.1) is 5.92 Å². The van der Waals surface area contributed by atoms with E-state index in [1.165, 1.54) is 24.8 Å². The van der Waals surface area contributed by atoms with Crippen molar-refractivity contribution in [3.63, 3.8) is 0 Å². The third-order valence-electron chi connectivity index (χ3n) is 5.87. The van der Waals surface area contributed by atoms with E-state index in [-0.39, 0.29) is 6.04 Å². The molecule has 2 atom stereocenters. The summed E-state index contributed by atoms with van der Waals surface area (Å²) in [5, 5.41) is 10.1. The Labute approximate surface area is 151 Å². The molecule has 0 radical (unpaired) electrons. The predicted molar refractivity (Wildman–Crippen MR) is 101 cm³/mol. The summed E-state index contributed by atoms with van der Waals surface area (Å²) in [6.45, 7) is 2.86. The van der Waals surface area contributed by atoms with Gasteiger partial charge in [0.15, 0.2) is 5.54 Å². The number of aliphatic carboxylic acids is 1. The lowest BCUT2D eigenvalue weighted by Gasteiger charge is -2.41. The Balaban J connectivity index is 1.89. The van der Waals surface area contributed by atoms with Crippen molar-refractivity contribution in [1.82, 2.24) is 4.90 Å². The molecule has 136 valence electrons. The molecular weight excluding hydrogens is 312 g/mol. The average molecular weight is 342 g/mol. The Hall–Kier alpha value is -1.84. The van der Waals surface area contributed by atoms with Gasteiger partial charge in [-0.1, -0.05) is 69.4 Å². The number of nitrogens with zero attached hydrogens (tertiary/aromatic N) is 2. The summed E-state index contributed by atoms with van der Waals surface area (Å²) in [5.41, 5.74) is 0.249. The first kappa shape index (κ1) is 18.0. The van der Waals surface area contributed by atoms with E-state index in [1.54, 1.807) is 0 Å². The molecule has 1 aliphatic carbocycles. The van der Waals surface area contributed by atoms with Crippen molar-refractivity contribution in [3.05, 3.63) is 35.9 Å². The Bertz CT molecular complexity index is 595. The second-order valence-corrected chi connectivity index (χ2v) is 7.58. The number of carboxylic acid groups (broad SMARTS) is 1. The van der Waals surface area contributed by atoms with Gasteiger partial charge in [0.1, 0.15) is 0 Å². The van der Waals surface area contributed by atoms with Gasteiger partial charge in [-0.05, 0) is 30.7 Å². The van der Waals surface area contributed by atoms with Crippen molar-refractivity contribution in [2.45, 2.75) is 76.4 Å². The highest BCUT2D eigenvalue weighted by molar-refractivity contribution is 5.85. The van der Waals surface area contributed by atoms with E-state index >= 15 is 0 Å². The Morgan fingerprint density at radius 1 is 1.24 bits per heavy atom. The molecule has 4 heteroatoms. The van der Waals surface area contributed by atoms with Gasteiger partial charge in [-0.3, -0.25) is 4.99 Å². The maximum Gasteiger partial charge on any atom is 0.333 e. The number of aliphatic imine (C=N–C) groups is 1. The van der Waals surface area contributed by atoms with Gasteiger partial charge in [0.2, 0.25) is 0 Å². The van der Waals surface area contributed by atoms with Gasteiger partial charge in [-0.15, -0.1) is 0 Å². The maximum atomic E-state index is 12.3. The fraction of sp³-hybridized carbons (Fsp3) is 0.619. The summed E-state index contributed by atoms with van der Waals surface area (Å²) in [6, 6.07) is 10.3. The van der Waals surface area contributed by atoms with E-state index in [1.807, 2.05) is 24.5 Å². The molecule has 1 N–H and O–H groups in total. The number of unbranched alkanes of at least 4 members (excludes halogenated alkanes) is 1. The number of hydrogen-bond donors (Lipinski definition) is 1. The minimum atomic E-state index is -0.965. The van der Waals surface area contributed by atoms with E-state index in [2.05, 4.69) is 28.9 Å². The van der Waals surface area contributed by atoms with Crippen LogP contribution in [0.5, 0.6) is 0 Å². The largest absolute Gasteiger partial charge is 0.479 e. The molecule has 1 saturated carbocycles. The van der Waals surface area contributed by atoms with Crippen molar-refractivity contribution in [2.75, 3.05) is 0 Å². The number of hydrogen-bond acceptors (Lipinski definition) is 3. The van der Waals surface area contributed by atoms with Gasteiger partial charge in [0, 0.05) is 6.54 Å². The molecule has 1 aromatic rings. The number of benzene rings is 1. The summed E-state index contributed by atoms with van der Waals surface area (Å²) < 4.78 is 0. The van der Waals surface area contributed by atoms with Crippen molar-refractivity contribution < 1.29 is 9.90 Å². The zero-order chi connectivity index (χ0) is 17.7. The van der Waals surface area contributed by atoms with Crippen LogP contribution in [0.3, 0.4) is 0 Å². The Morgan fingerprint density at radius 2 is 1.96 bits per heavy atom. The van der Waals surface area contributed by atoms with Crippen LogP contribution in [-0.4, -0.2) is 33.9 Å². The van der Waals surface area contributed by atoms with E-state index in [0.717, 1.165) is 32.2 Å².